The van der Waals surface area contributed by atoms with Crippen LogP contribution in [-0.2, 0) is 13.8 Å². The molecule has 1 amide bonds. The summed E-state index contributed by atoms with van der Waals surface area (Å²) in [4.78, 5) is 30.1. The van der Waals surface area contributed by atoms with Gasteiger partial charge in [-0.25, -0.2) is 9.46 Å². The van der Waals surface area contributed by atoms with Gasteiger partial charge >= 0.3 is 5.69 Å². The Bertz CT molecular complexity index is 1510. The van der Waals surface area contributed by atoms with Crippen LogP contribution in [0.1, 0.15) is 73.3 Å². The molecule has 0 aliphatic carbocycles. The second-order valence-corrected chi connectivity index (χ2v) is 11.8. The summed E-state index contributed by atoms with van der Waals surface area (Å²) in [6.07, 6.45) is 4.00. The predicted octanol–water partition coefficient (Wildman–Crippen LogP) is 5.41. The molecule has 10 heteroatoms. The van der Waals surface area contributed by atoms with Crippen molar-refractivity contribution in [2.24, 2.45) is 0 Å². The first-order valence-corrected chi connectivity index (χ1v) is 15.2. The topological polar surface area (TPSA) is 94.9 Å². The second kappa shape index (κ2) is 12.2. The standard InChI is InChI=1S/C31H33N4O5P/c1-3-12-23-20-34(31(37)33-29(23)32-30(36)22-15-9-6-10-16-22)27-19-26(25(4-2)38-27)39-41-35-18-11-17-24(35)28(40-41)21-13-7-5-8-14-21/h5-10,13-16,20,24-28H,4,11,17-19H2,1-2H3,(H,32,33,36,37)/t24-,25+,26?,27+,28+,41-/m0/s1. The van der Waals surface area contributed by atoms with Crippen LogP contribution in [0.25, 0.3) is 0 Å². The predicted molar refractivity (Wildman–Crippen MR) is 156 cm³/mol. The van der Waals surface area contributed by atoms with E-state index in [2.05, 4.69) is 45.9 Å². The summed E-state index contributed by atoms with van der Waals surface area (Å²) in [6.45, 7) is 4.69. The summed E-state index contributed by atoms with van der Waals surface area (Å²) in [6, 6.07) is 19.4. The molecule has 1 unspecified atom stereocenters. The fraction of sp³-hybridized carbons (Fsp3) is 0.387. The number of nitrogens with one attached hydrogen (secondary N) is 1. The molecule has 1 aromatic heterocycles. The lowest BCUT2D eigenvalue weighted by Crippen LogP contribution is -2.29. The highest BCUT2D eigenvalue weighted by Crippen LogP contribution is 2.61. The Kier molecular flexibility index (Phi) is 8.29. The largest absolute Gasteiger partial charge is 0.352 e. The number of carbonyl (C=O) groups excluding carboxylic acids is 1. The number of fused-ring (bicyclic) bond motifs is 1. The van der Waals surface area contributed by atoms with Crippen LogP contribution in [0.4, 0.5) is 5.82 Å². The molecule has 9 nitrogen and oxygen atoms in total. The van der Waals surface area contributed by atoms with Gasteiger partial charge in [-0.2, -0.15) is 4.98 Å². The van der Waals surface area contributed by atoms with Gasteiger partial charge < -0.3 is 19.1 Å². The van der Waals surface area contributed by atoms with Crippen molar-refractivity contribution >= 4 is 20.3 Å². The Morgan fingerprint density at radius 3 is 2.66 bits per heavy atom. The number of aromatic nitrogens is 2. The van der Waals surface area contributed by atoms with E-state index in [0.717, 1.165) is 25.8 Å². The summed E-state index contributed by atoms with van der Waals surface area (Å²) in [5, 5.41) is 2.74. The molecule has 3 saturated heterocycles. The van der Waals surface area contributed by atoms with Gasteiger partial charge in [0.25, 0.3) is 14.4 Å². The van der Waals surface area contributed by atoms with Crippen molar-refractivity contribution in [1.82, 2.24) is 14.2 Å². The molecule has 6 atom stereocenters. The lowest BCUT2D eigenvalue weighted by molar-refractivity contribution is -0.0188. The third kappa shape index (κ3) is 5.72. The van der Waals surface area contributed by atoms with Crippen molar-refractivity contribution in [3.63, 3.8) is 0 Å². The highest BCUT2D eigenvalue weighted by molar-refractivity contribution is 7.44. The first-order chi connectivity index (χ1) is 20.1. The minimum absolute atomic E-state index is 0.0105. The molecular formula is C31H33N4O5P. The zero-order valence-electron chi connectivity index (χ0n) is 23.1. The van der Waals surface area contributed by atoms with Crippen molar-refractivity contribution in [3.8, 4) is 11.8 Å². The Hall–Kier alpha value is -3.38. The maximum atomic E-state index is 13.2. The van der Waals surface area contributed by atoms with E-state index in [1.165, 1.54) is 10.1 Å². The van der Waals surface area contributed by atoms with Gasteiger partial charge in [0.1, 0.15) is 12.3 Å². The minimum Gasteiger partial charge on any atom is -0.352 e. The molecule has 0 radical (unpaired) electrons. The number of hydrogen-bond donors (Lipinski definition) is 1. The molecule has 0 saturated carbocycles. The maximum absolute atomic E-state index is 13.2. The smallest absolute Gasteiger partial charge is 0.351 e. The summed E-state index contributed by atoms with van der Waals surface area (Å²) < 4.78 is 23.4. The van der Waals surface area contributed by atoms with Crippen LogP contribution in [0.5, 0.6) is 0 Å². The Morgan fingerprint density at radius 2 is 1.93 bits per heavy atom. The zero-order chi connectivity index (χ0) is 28.3. The van der Waals surface area contributed by atoms with Crippen LogP contribution < -0.4 is 11.0 Å². The highest BCUT2D eigenvalue weighted by Gasteiger charge is 2.49. The van der Waals surface area contributed by atoms with E-state index in [4.69, 9.17) is 13.8 Å². The van der Waals surface area contributed by atoms with Crippen LogP contribution in [0.3, 0.4) is 0 Å². The quantitative estimate of drug-likeness (QED) is 0.299. The molecule has 212 valence electrons. The van der Waals surface area contributed by atoms with Gasteiger partial charge in [-0.3, -0.25) is 9.36 Å². The maximum Gasteiger partial charge on any atom is 0.351 e. The molecular weight excluding hydrogens is 539 g/mol. The van der Waals surface area contributed by atoms with Crippen molar-refractivity contribution < 1.29 is 18.6 Å². The number of rotatable bonds is 7. The average molecular weight is 573 g/mol. The monoisotopic (exact) mass is 572 g/mol. The van der Waals surface area contributed by atoms with E-state index < -0.39 is 20.4 Å². The molecule has 3 fully saturated rings. The van der Waals surface area contributed by atoms with Crippen molar-refractivity contribution in [1.29, 1.82) is 0 Å². The first-order valence-electron chi connectivity index (χ1n) is 14.1. The van der Waals surface area contributed by atoms with Gasteiger partial charge in [-0.15, -0.1) is 5.92 Å². The number of hydrogen-bond acceptors (Lipinski definition) is 7. The SMILES string of the molecule is CC#Cc1cn([C@H]2CC(O[P@@]3O[C@H](c4ccccc4)[C@@H]4CCCN43)[C@@H](CC)O2)c(=O)nc1NC(=O)c1ccccc1. The van der Waals surface area contributed by atoms with E-state index in [1.54, 1.807) is 37.4 Å². The number of benzene rings is 2. The average Bonchev–Trinajstić information content (AvgIpc) is 3.72. The summed E-state index contributed by atoms with van der Waals surface area (Å²) in [5.74, 6) is 5.58. The van der Waals surface area contributed by atoms with Crippen LogP contribution >= 0.6 is 8.53 Å². The Balaban J connectivity index is 1.20. The van der Waals surface area contributed by atoms with Crippen LogP contribution in [0.15, 0.2) is 71.7 Å². The fourth-order valence-electron chi connectivity index (χ4n) is 5.75. The minimum atomic E-state index is -1.26. The number of nitrogens with zero attached hydrogens (tertiary/aromatic N) is 3. The fourth-order valence-corrected chi connectivity index (χ4v) is 7.74. The molecule has 6 rings (SSSR count). The molecule has 3 aromatic rings. The summed E-state index contributed by atoms with van der Waals surface area (Å²) in [5.41, 5.74) is 1.55. The third-order valence-corrected chi connectivity index (χ3v) is 9.53. The lowest BCUT2D eigenvalue weighted by atomic mass is 10.0. The molecule has 41 heavy (non-hydrogen) atoms. The van der Waals surface area contributed by atoms with Crippen LogP contribution in [-0.4, -0.2) is 44.9 Å². The van der Waals surface area contributed by atoms with Gasteiger partial charge in [0.05, 0.1) is 17.8 Å². The van der Waals surface area contributed by atoms with Crippen molar-refractivity contribution in [2.75, 3.05) is 11.9 Å². The zero-order valence-corrected chi connectivity index (χ0v) is 24.0. The Labute approximate surface area is 240 Å². The van der Waals surface area contributed by atoms with E-state index in [-0.39, 0.29) is 30.0 Å². The van der Waals surface area contributed by atoms with Crippen molar-refractivity contribution in [2.45, 2.75) is 70.1 Å². The lowest BCUT2D eigenvalue weighted by Gasteiger charge is -2.25. The van der Waals surface area contributed by atoms with E-state index in [0.29, 0.717) is 23.6 Å². The third-order valence-electron chi connectivity index (χ3n) is 7.76. The number of anilines is 1. The van der Waals surface area contributed by atoms with Crippen LogP contribution in [0, 0.1) is 11.8 Å². The second-order valence-electron chi connectivity index (χ2n) is 10.4. The molecule has 4 heterocycles. The number of carbonyl (C=O) groups is 1. The first kappa shape index (κ1) is 27.8. The van der Waals surface area contributed by atoms with Gasteiger partial charge in [-0.1, -0.05) is 61.4 Å². The summed E-state index contributed by atoms with van der Waals surface area (Å²) in [7, 11) is -1.26. The molecule has 0 spiro atoms. The molecule has 0 bridgehead atoms. The van der Waals surface area contributed by atoms with E-state index in [1.807, 2.05) is 24.3 Å². The summed E-state index contributed by atoms with van der Waals surface area (Å²) >= 11 is 0. The van der Waals surface area contributed by atoms with E-state index >= 15 is 0 Å². The normalized spacial score (nSPS) is 27.3. The van der Waals surface area contributed by atoms with E-state index in [9.17, 15) is 9.59 Å². The van der Waals surface area contributed by atoms with Crippen molar-refractivity contribution in [3.05, 3.63) is 94.0 Å². The molecule has 3 aliphatic heterocycles. The number of ether oxygens (including phenoxy) is 1. The van der Waals surface area contributed by atoms with Gasteiger partial charge in [0.2, 0.25) is 0 Å². The number of amides is 1. The molecule has 2 aromatic carbocycles. The Morgan fingerprint density at radius 1 is 1.17 bits per heavy atom. The van der Waals surface area contributed by atoms with Gasteiger partial charge in [0, 0.05) is 30.8 Å². The van der Waals surface area contributed by atoms with Gasteiger partial charge in [0.15, 0.2) is 5.82 Å². The van der Waals surface area contributed by atoms with Gasteiger partial charge in [-0.05, 0) is 43.9 Å². The molecule has 1 N–H and O–H groups in total. The highest BCUT2D eigenvalue weighted by atomic mass is 31.2. The van der Waals surface area contributed by atoms with Crippen LogP contribution in [0.2, 0.25) is 0 Å². The molecule has 3 aliphatic rings.